The van der Waals surface area contributed by atoms with Gasteiger partial charge in [-0.3, -0.25) is 9.59 Å². The van der Waals surface area contributed by atoms with Crippen LogP contribution in [0.5, 0.6) is 0 Å². The first-order valence-electron chi connectivity index (χ1n) is 9.44. The van der Waals surface area contributed by atoms with Crippen LogP contribution in [-0.4, -0.2) is 24.4 Å². The molecular formula is C22H27N3O2. The predicted molar refractivity (Wildman–Crippen MR) is 108 cm³/mol. The molecule has 142 valence electrons. The Morgan fingerprint density at radius 2 is 1.81 bits per heavy atom. The number of amides is 2. The minimum Gasteiger partial charge on any atom is -0.376 e. The molecule has 1 aliphatic rings. The quantitative estimate of drug-likeness (QED) is 0.703. The van der Waals surface area contributed by atoms with Crippen molar-refractivity contribution in [2.45, 2.75) is 45.7 Å². The molecule has 1 atom stereocenters. The summed E-state index contributed by atoms with van der Waals surface area (Å²) in [5.74, 6) is -0.206. The third-order valence-electron chi connectivity index (χ3n) is 4.93. The van der Waals surface area contributed by atoms with E-state index >= 15 is 0 Å². The Morgan fingerprint density at radius 3 is 2.52 bits per heavy atom. The lowest BCUT2D eigenvalue weighted by Crippen LogP contribution is -2.33. The average molecular weight is 365 g/mol. The van der Waals surface area contributed by atoms with Crippen molar-refractivity contribution >= 4 is 17.5 Å². The molecule has 2 aromatic rings. The van der Waals surface area contributed by atoms with Gasteiger partial charge in [0.2, 0.25) is 5.91 Å². The van der Waals surface area contributed by atoms with Gasteiger partial charge in [-0.25, -0.2) is 0 Å². The third kappa shape index (κ3) is 5.09. The van der Waals surface area contributed by atoms with Crippen LogP contribution in [-0.2, 0) is 4.79 Å². The normalized spacial score (nSPS) is 14.3. The van der Waals surface area contributed by atoms with Crippen LogP contribution in [0.3, 0.4) is 0 Å². The fraction of sp³-hybridized carbons (Fsp3) is 0.364. The monoisotopic (exact) mass is 365 g/mol. The Balaban J connectivity index is 1.57. The summed E-state index contributed by atoms with van der Waals surface area (Å²) in [6, 6.07) is 13.7. The van der Waals surface area contributed by atoms with Crippen molar-refractivity contribution in [3.8, 4) is 0 Å². The molecule has 0 saturated heterocycles. The predicted octanol–water partition coefficient (Wildman–Crippen LogP) is 3.48. The molecule has 27 heavy (non-hydrogen) atoms. The largest absolute Gasteiger partial charge is 0.376 e. The van der Waals surface area contributed by atoms with E-state index in [-0.39, 0.29) is 24.4 Å². The number of para-hydroxylation sites is 1. The van der Waals surface area contributed by atoms with Gasteiger partial charge in [0.15, 0.2) is 0 Å². The highest BCUT2D eigenvalue weighted by molar-refractivity contribution is 6.00. The van der Waals surface area contributed by atoms with Crippen molar-refractivity contribution in [1.82, 2.24) is 10.6 Å². The summed E-state index contributed by atoms with van der Waals surface area (Å²) in [5.41, 5.74) is 4.77. The van der Waals surface area contributed by atoms with Crippen LogP contribution < -0.4 is 16.0 Å². The van der Waals surface area contributed by atoms with E-state index in [1.165, 1.54) is 11.1 Å². The van der Waals surface area contributed by atoms with Gasteiger partial charge in [0.05, 0.1) is 18.2 Å². The number of carbonyl (C=O) groups is 2. The van der Waals surface area contributed by atoms with Crippen molar-refractivity contribution < 1.29 is 9.59 Å². The van der Waals surface area contributed by atoms with E-state index in [9.17, 15) is 9.59 Å². The van der Waals surface area contributed by atoms with Gasteiger partial charge in [0.25, 0.3) is 5.91 Å². The van der Waals surface area contributed by atoms with E-state index < -0.39 is 0 Å². The summed E-state index contributed by atoms with van der Waals surface area (Å²) in [5, 5.41) is 9.08. The number of rotatable bonds is 7. The third-order valence-corrected chi connectivity index (χ3v) is 4.93. The van der Waals surface area contributed by atoms with E-state index in [0.29, 0.717) is 17.3 Å². The van der Waals surface area contributed by atoms with Gasteiger partial charge in [0, 0.05) is 11.7 Å². The summed E-state index contributed by atoms with van der Waals surface area (Å²) < 4.78 is 0. The molecule has 1 fully saturated rings. The van der Waals surface area contributed by atoms with E-state index in [1.807, 2.05) is 31.2 Å². The van der Waals surface area contributed by atoms with Crippen LogP contribution in [0, 0.1) is 13.8 Å². The van der Waals surface area contributed by atoms with Crippen molar-refractivity contribution in [2.24, 2.45) is 0 Å². The molecule has 0 aliphatic heterocycles. The molecule has 0 bridgehead atoms. The second-order valence-corrected chi connectivity index (χ2v) is 7.28. The highest BCUT2D eigenvalue weighted by Gasteiger charge is 2.24. The number of carbonyl (C=O) groups excluding carboxylic acids is 2. The van der Waals surface area contributed by atoms with Gasteiger partial charge in [-0.15, -0.1) is 0 Å². The molecule has 1 saturated carbocycles. The summed E-state index contributed by atoms with van der Waals surface area (Å²) in [6.45, 7) is 6.23. The minimum absolute atomic E-state index is 0.0768. The lowest BCUT2D eigenvalue weighted by Gasteiger charge is -2.17. The Morgan fingerprint density at radius 1 is 1.07 bits per heavy atom. The van der Waals surface area contributed by atoms with Crippen LogP contribution in [0.1, 0.15) is 52.9 Å². The Bertz CT molecular complexity index is 843. The molecule has 0 spiro atoms. The zero-order valence-electron chi connectivity index (χ0n) is 16.1. The Hall–Kier alpha value is -2.82. The molecule has 2 aromatic carbocycles. The van der Waals surface area contributed by atoms with Crippen LogP contribution in [0.2, 0.25) is 0 Å². The molecule has 1 aliphatic carbocycles. The fourth-order valence-electron chi connectivity index (χ4n) is 2.91. The van der Waals surface area contributed by atoms with Gasteiger partial charge < -0.3 is 16.0 Å². The van der Waals surface area contributed by atoms with Gasteiger partial charge in [-0.1, -0.05) is 30.3 Å². The smallest absolute Gasteiger partial charge is 0.253 e. The van der Waals surface area contributed by atoms with Crippen LogP contribution in [0.4, 0.5) is 5.69 Å². The zero-order chi connectivity index (χ0) is 19.4. The van der Waals surface area contributed by atoms with E-state index in [2.05, 4.69) is 41.9 Å². The maximum Gasteiger partial charge on any atom is 0.253 e. The number of hydrogen-bond donors (Lipinski definition) is 3. The molecule has 0 heterocycles. The summed E-state index contributed by atoms with van der Waals surface area (Å²) >= 11 is 0. The second-order valence-electron chi connectivity index (χ2n) is 7.28. The number of benzene rings is 2. The molecule has 3 N–H and O–H groups in total. The average Bonchev–Trinajstić information content (AvgIpc) is 3.46. The number of aryl methyl sites for hydroxylation is 2. The van der Waals surface area contributed by atoms with Gasteiger partial charge in [0.1, 0.15) is 0 Å². The highest BCUT2D eigenvalue weighted by atomic mass is 16.2. The molecule has 1 unspecified atom stereocenters. The second kappa shape index (κ2) is 8.25. The molecule has 5 nitrogen and oxygen atoms in total. The van der Waals surface area contributed by atoms with Crippen molar-refractivity contribution in [3.63, 3.8) is 0 Å². The van der Waals surface area contributed by atoms with Crippen LogP contribution in [0.15, 0.2) is 42.5 Å². The van der Waals surface area contributed by atoms with Crippen molar-refractivity contribution in [3.05, 3.63) is 64.7 Å². The fourth-order valence-corrected chi connectivity index (χ4v) is 2.91. The lowest BCUT2D eigenvalue weighted by atomic mass is 10.0. The molecule has 2 amide bonds. The first-order chi connectivity index (χ1) is 12.9. The van der Waals surface area contributed by atoms with E-state index in [1.54, 1.807) is 6.07 Å². The van der Waals surface area contributed by atoms with Crippen LogP contribution >= 0.6 is 0 Å². The zero-order valence-corrected chi connectivity index (χ0v) is 16.1. The van der Waals surface area contributed by atoms with E-state index in [0.717, 1.165) is 18.4 Å². The standard InChI is InChI=1S/C22H27N3O2/c1-14-8-9-17(12-15(14)2)16(3)24-21(26)13-23-20-7-5-4-6-19(20)22(27)25-18-10-11-18/h4-9,12,16,18,23H,10-11,13H2,1-3H3,(H,24,26)(H,25,27). The molecule has 0 radical (unpaired) electrons. The summed E-state index contributed by atoms with van der Waals surface area (Å²) in [4.78, 5) is 24.7. The molecule has 5 heteroatoms. The Kier molecular flexibility index (Phi) is 5.79. The van der Waals surface area contributed by atoms with Crippen molar-refractivity contribution in [1.29, 1.82) is 0 Å². The van der Waals surface area contributed by atoms with E-state index in [4.69, 9.17) is 0 Å². The number of anilines is 1. The number of hydrogen-bond acceptors (Lipinski definition) is 3. The topological polar surface area (TPSA) is 70.2 Å². The first-order valence-corrected chi connectivity index (χ1v) is 9.44. The maximum absolute atomic E-state index is 12.3. The SMILES string of the molecule is Cc1ccc(C(C)NC(=O)CNc2ccccc2C(=O)NC2CC2)cc1C. The van der Waals surface area contributed by atoms with Gasteiger partial charge in [-0.05, 0) is 62.4 Å². The van der Waals surface area contributed by atoms with Gasteiger partial charge in [-0.2, -0.15) is 0 Å². The lowest BCUT2D eigenvalue weighted by molar-refractivity contribution is -0.120. The first kappa shape index (κ1) is 19.0. The van der Waals surface area contributed by atoms with Crippen LogP contribution in [0.25, 0.3) is 0 Å². The highest BCUT2D eigenvalue weighted by Crippen LogP contribution is 2.21. The summed E-state index contributed by atoms with van der Waals surface area (Å²) in [7, 11) is 0. The van der Waals surface area contributed by atoms with Gasteiger partial charge >= 0.3 is 0 Å². The Labute approximate surface area is 160 Å². The summed E-state index contributed by atoms with van der Waals surface area (Å²) in [6.07, 6.45) is 2.08. The molecular weight excluding hydrogens is 338 g/mol. The minimum atomic E-state index is -0.113. The van der Waals surface area contributed by atoms with Crippen molar-refractivity contribution in [2.75, 3.05) is 11.9 Å². The maximum atomic E-state index is 12.3. The molecule has 3 rings (SSSR count). The number of nitrogens with one attached hydrogen (secondary N) is 3. The molecule has 0 aromatic heterocycles.